The number of hydrogen-bond acceptors (Lipinski definition) is 7. The predicted octanol–water partition coefficient (Wildman–Crippen LogP) is 3.37. The molecule has 0 spiro atoms. The number of esters is 1. The van der Waals surface area contributed by atoms with Crippen LogP contribution in [0.15, 0.2) is 72.8 Å². The van der Waals surface area contributed by atoms with Crippen molar-refractivity contribution in [3.05, 3.63) is 83.9 Å². The first-order chi connectivity index (χ1) is 23.0. The molecule has 1 heterocycles. The fourth-order valence-corrected chi connectivity index (χ4v) is 5.44. The average molecular weight is 663 g/mol. The van der Waals surface area contributed by atoms with Gasteiger partial charge in [0, 0.05) is 31.0 Å². The van der Waals surface area contributed by atoms with Crippen LogP contribution in [0.3, 0.4) is 0 Å². The highest BCUT2D eigenvalue weighted by Gasteiger charge is 2.33. The van der Waals surface area contributed by atoms with Gasteiger partial charge in [0.2, 0.25) is 23.6 Å². The molecule has 1 aliphatic heterocycles. The molecule has 48 heavy (non-hydrogen) atoms. The molecule has 5 atom stereocenters. The largest absolute Gasteiger partial charge is 0.463 e. The summed E-state index contributed by atoms with van der Waals surface area (Å²) in [6.45, 7) is 8.24. The smallest absolute Gasteiger partial charge is 0.330 e. The zero-order valence-corrected chi connectivity index (χ0v) is 28.4. The van der Waals surface area contributed by atoms with E-state index in [9.17, 15) is 24.0 Å². The first-order valence-corrected chi connectivity index (χ1v) is 16.8. The van der Waals surface area contributed by atoms with Crippen LogP contribution in [0.2, 0.25) is 0 Å². The van der Waals surface area contributed by atoms with Crippen molar-refractivity contribution in [2.75, 3.05) is 13.2 Å². The number of carbonyl (C=O) groups excluding carboxylic acids is 5. The van der Waals surface area contributed by atoms with Crippen LogP contribution in [0.4, 0.5) is 0 Å². The van der Waals surface area contributed by atoms with Gasteiger partial charge in [0.25, 0.3) is 0 Å². The Morgan fingerprint density at radius 3 is 2.19 bits per heavy atom. The van der Waals surface area contributed by atoms with Crippen LogP contribution in [0.25, 0.3) is 0 Å². The molecule has 1 fully saturated rings. The van der Waals surface area contributed by atoms with E-state index < -0.39 is 42.0 Å². The second kappa shape index (κ2) is 20.0. The van der Waals surface area contributed by atoms with Crippen molar-refractivity contribution in [3.63, 3.8) is 0 Å². The number of hydrogen-bond donors (Lipinski definition) is 4. The number of carbonyl (C=O) groups is 5. The van der Waals surface area contributed by atoms with Crippen molar-refractivity contribution in [1.29, 1.82) is 0 Å². The molecular weight excluding hydrogens is 612 g/mol. The molecule has 11 nitrogen and oxygen atoms in total. The molecule has 1 saturated heterocycles. The van der Waals surface area contributed by atoms with Gasteiger partial charge in [-0.25, -0.2) is 4.79 Å². The van der Waals surface area contributed by atoms with Crippen LogP contribution in [0, 0.1) is 11.8 Å². The van der Waals surface area contributed by atoms with Gasteiger partial charge in [-0.15, -0.1) is 0 Å². The molecule has 2 aromatic rings. The van der Waals surface area contributed by atoms with Crippen LogP contribution in [-0.4, -0.2) is 67.0 Å². The fourth-order valence-electron chi connectivity index (χ4n) is 5.44. The lowest BCUT2D eigenvalue weighted by molar-refractivity contribution is -0.137. The van der Waals surface area contributed by atoms with E-state index in [4.69, 9.17) is 9.47 Å². The van der Waals surface area contributed by atoms with Gasteiger partial charge in [0.1, 0.15) is 12.1 Å². The molecule has 260 valence electrons. The van der Waals surface area contributed by atoms with Crippen LogP contribution in [-0.2, 0) is 46.5 Å². The van der Waals surface area contributed by atoms with E-state index in [2.05, 4.69) is 21.3 Å². The van der Waals surface area contributed by atoms with Crippen LogP contribution in [0.5, 0.6) is 0 Å². The van der Waals surface area contributed by atoms with Crippen molar-refractivity contribution < 1.29 is 33.4 Å². The Bertz CT molecular complexity index is 1370. The predicted molar refractivity (Wildman–Crippen MR) is 182 cm³/mol. The molecule has 1 unspecified atom stereocenters. The summed E-state index contributed by atoms with van der Waals surface area (Å²) in [6, 6.07) is 16.4. The van der Waals surface area contributed by atoms with Gasteiger partial charge < -0.3 is 30.7 Å². The lowest BCUT2D eigenvalue weighted by Crippen LogP contribution is -2.58. The molecule has 0 saturated carbocycles. The summed E-state index contributed by atoms with van der Waals surface area (Å²) in [7, 11) is 0. The lowest BCUT2D eigenvalue weighted by Gasteiger charge is -2.28. The zero-order valence-electron chi connectivity index (χ0n) is 28.4. The molecule has 4 N–H and O–H groups in total. The summed E-state index contributed by atoms with van der Waals surface area (Å²) < 4.78 is 11.0. The molecule has 0 radical (unpaired) electrons. The highest BCUT2D eigenvalue weighted by atomic mass is 16.5. The summed E-state index contributed by atoms with van der Waals surface area (Å²) in [4.78, 5) is 65.1. The number of amides is 4. The van der Waals surface area contributed by atoms with Crippen molar-refractivity contribution in [3.8, 4) is 0 Å². The van der Waals surface area contributed by atoms with E-state index in [1.807, 2.05) is 74.5 Å². The standard InChI is InChI=1S/C37H50N4O7/c1-5-47-33(43)19-17-30(23-29-20-21-38-35(29)44)39-36(45)31(22-25(2)3)40-37(46)34(26(4)48-24-28-14-10-7-11-15-28)41-32(42)18-16-27-12-8-6-9-13-27/h6-15,17,19,25-26,29-31,34H,5,16,18,20-24H2,1-4H3,(H,38,44)(H,39,45)(H,40,46)(H,41,42)/t26?,29-,30+,31-,34-/m0/s1. The third-order valence-electron chi connectivity index (χ3n) is 8.03. The molecular formula is C37H50N4O7. The molecule has 1 aliphatic rings. The minimum atomic E-state index is -1.08. The van der Waals surface area contributed by atoms with E-state index in [1.165, 1.54) is 12.2 Å². The second-order valence-corrected chi connectivity index (χ2v) is 12.5. The first-order valence-electron chi connectivity index (χ1n) is 16.8. The fraction of sp³-hybridized carbons (Fsp3) is 0.486. The van der Waals surface area contributed by atoms with Crippen molar-refractivity contribution in [2.24, 2.45) is 11.8 Å². The molecule has 0 aromatic heterocycles. The van der Waals surface area contributed by atoms with Crippen molar-refractivity contribution in [1.82, 2.24) is 21.3 Å². The third-order valence-corrected chi connectivity index (χ3v) is 8.03. The van der Waals surface area contributed by atoms with Gasteiger partial charge >= 0.3 is 5.97 Å². The maximum atomic E-state index is 13.9. The van der Waals surface area contributed by atoms with Crippen LogP contribution >= 0.6 is 0 Å². The van der Waals surface area contributed by atoms with E-state index in [0.29, 0.717) is 25.8 Å². The van der Waals surface area contributed by atoms with Crippen molar-refractivity contribution >= 4 is 29.6 Å². The summed E-state index contributed by atoms with van der Waals surface area (Å²) >= 11 is 0. The Balaban J connectivity index is 1.76. The molecule has 0 bridgehead atoms. The highest BCUT2D eigenvalue weighted by Crippen LogP contribution is 2.18. The van der Waals surface area contributed by atoms with Gasteiger partial charge in [-0.3, -0.25) is 19.2 Å². The van der Waals surface area contributed by atoms with Gasteiger partial charge in [-0.05, 0) is 56.6 Å². The number of rotatable bonds is 19. The maximum absolute atomic E-state index is 13.9. The monoisotopic (exact) mass is 662 g/mol. The first kappa shape index (κ1) is 37.9. The number of ether oxygens (including phenoxy) is 2. The Morgan fingerprint density at radius 1 is 0.917 bits per heavy atom. The molecule has 0 aliphatic carbocycles. The SMILES string of the molecule is CCOC(=O)C=C[C@H](C[C@@H]1CCNC1=O)NC(=O)[C@H](CC(C)C)NC(=O)[C@@H](NC(=O)CCc1ccccc1)C(C)OCc1ccccc1. The van der Waals surface area contributed by atoms with Gasteiger partial charge in [-0.1, -0.05) is 80.6 Å². The molecule has 4 amide bonds. The minimum absolute atomic E-state index is 0.0286. The summed E-state index contributed by atoms with van der Waals surface area (Å²) in [5, 5.41) is 11.4. The summed E-state index contributed by atoms with van der Waals surface area (Å²) in [6.07, 6.45) is 3.89. The summed E-state index contributed by atoms with van der Waals surface area (Å²) in [5.74, 6) is -2.33. The van der Waals surface area contributed by atoms with Gasteiger partial charge in [0.05, 0.1) is 19.3 Å². The normalized spacial score (nSPS) is 16.9. The van der Waals surface area contributed by atoms with Gasteiger partial charge in [0.15, 0.2) is 0 Å². The Labute approximate surface area is 283 Å². The quantitative estimate of drug-likeness (QED) is 0.133. The van der Waals surface area contributed by atoms with Crippen LogP contribution < -0.4 is 21.3 Å². The Morgan fingerprint density at radius 2 is 1.58 bits per heavy atom. The Hall–Kier alpha value is -4.51. The average Bonchev–Trinajstić information content (AvgIpc) is 3.48. The number of aryl methyl sites for hydroxylation is 1. The Kier molecular flexibility index (Phi) is 15.8. The zero-order chi connectivity index (χ0) is 34.9. The highest BCUT2D eigenvalue weighted by molar-refractivity contribution is 5.93. The molecule has 3 rings (SSSR count). The number of nitrogens with one attached hydrogen (secondary N) is 4. The van der Waals surface area contributed by atoms with E-state index >= 15 is 0 Å². The van der Waals surface area contributed by atoms with Gasteiger partial charge in [-0.2, -0.15) is 0 Å². The van der Waals surface area contributed by atoms with E-state index in [1.54, 1.807) is 13.8 Å². The van der Waals surface area contributed by atoms with E-state index in [0.717, 1.165) is 11.1 Å². The minimum Gasteiger partial charge on any atom is -0.463 e. The van der Waals surface area contributed by atoms with Crippen LogP contribution in [0.1, 0.15) is 64.5 Å². The molecule has 2 aromatic carbocycles. The second-order valence-electron chi connectivity index (χ2n) is 12.5. The lowest BCUT2D eigenvalue weighted by atomic mass is 9.96. The third kappa shape index (κ3) is 13.3. The topological polar surface area (TPSA) is 152 Å². The summed E-state index contributed by atoms with van der Waals surface area (Å²) in [5.41, 5.74) is 1.91. The maximum Gasteiger partial charge on any atom is 0.330 e. The molecule has 11 heteroatoms. The van der Waals surface area contributed by atoms with E-state index in [-0.39, 0.29) is 49.7 Å². The number of benzene rings is 2. The van der Waals surface area contributed by atoms with Crippen molar-refractivity contribution in [2.45, 2.75) is 90.6 Å².